The van der Waals surface area contributed by atoms with Gasteiger partial charge in [0, 0.05) is 6.54 Å². The fourth-order valence-electron chi connectivity index (χ4n) is 1.68. The summed E-state index contributed by atoms with van der Waals surface area (Å²) >= 11 is 5.08. The first-order valence-electron chi connectivity index (χ1n) is 6.18. The SMILES string of the molecule is O=C(O)c1ccc(CNC(=S)Nc2ccccc2F)cc1. The molecule has 6 heteroatoms. The van der Waals surface area contributed by atoms with Crippen LogP contribution in [0.5, 0.6) is 0 Å². The zero-order valence-electron chi connectivity index (χ0n) is 11.0. The second-order valence-electron chi connectivity index (χ2n) is 4.29. The van der Waals surface area contributed by atoms with E-state index in [0.717, 1.165) is 5.56 Å². The molecule has 21 heavy (non-hydrogen) atoms. The second-order valence-corrected chi connectivity index (χ2v) is 4.70. The number of hydrogen-bond donors (Lipinski definition) is 3. The summed E-state index contributed by atoms with van der Waals surface area (Å²) < 4.78 is 13.4. The number of benzene rings is 2. The first-order chi connectivity index (χ1) is 10.1. The predicted molar refractivity (Wildman–Crippen MR) is 82.9 cm³/mol. The molecule has 4 nitrogen and oxygen atoms in total. The van der Waals surface area contributed by atoms with Gasteiger partial charge in [-0.25, -0.2) is 9.18 Å². The third-order valence-electron chi connectivity index (χ3n) is 2.78. The lowest BCUT2D eigenvalue weighted by molar-refractivity contribution is 0.0697. The van der Waals surface area contributed by atoms with Crippen LogP contribution in [0.4, 0.5) is 10.1 Å². The van der Waals surface area contributed by atoms with Crippen LogP contribution in [0.2, 0.25) is 0 Å². The fourth-order valence-corrected chi connectivity index (χ4v) is 1.86. The highest BCUT2D eigenvalue weighted by atomic mass is 32.1. The molecule has 0 atom stereocenters. The zero-order valence-corrected chi connectivity index (χ0v) is 11.8. The van der Waals surface area contributed by atoms with E-state index < -0.39 is 5.97 Å². The van der Waals surface area contributed by atoms with Crippen molar-refractivity contribution in [2.45, 2.75) is 6.54 Å². The van der Waals surface area contributed by atoms with Gasteiger partial charge in [0.15, 0.2) is 5.11 Å². The lowest BCUT2D eigenvalue weighted by Gasteiger charge is -2.11. The van der Waals surface area contributed by atoms with Crippen molar-refractivity contribution in [2.75, 3.05) is 5.32 Å². The van der Waals surface area contributed by atoms with E-state index in [9.17, 15) is 9.18 Å². The fraction of sp³-hybridized carbons (Fsp3) is 0.0667. The number of carboxylic acid groups (broad SMARTS) is 1. The Hall–Kier alpha value is -2.47. The van der Waals surface area contributed by atoms with Crippen molar-refractivity contribution in [1.29, 1.82) is 0 Å². The predicted octanol–water partition coefficient (Wildman–Crippen LogP) is 3.01. The lowest BCUT2D eigenvalue weighted by atomic mass is 10.1. The molecule has 0 aliphatic carbocycles. The number of nitrogens with one attached hydrogen (secondary N) is 2. The lowest BCUT2D eigenvalue weighted by Crippen LogP contribution is -2.28. The van der Waals surface area contributed by atoms with Crippen LogP contribution < -0.4 is 10.6 Å². The Morgan fingerprint density at radius 1 is 1.14 bits per heavy atom. The van der Waals surface area contributed by atoms with Gasteiger partial charge >= 0.3 is 5.97 Å². The largest absolute Gasteiger partial charge is 0.478 e. The summed E-state index contributed by atoms with van der Waals surface area (Å²) in [5.41, 5.74) is 1.40. The van der Waals surface area contributed by atoms with Crippen molar-refractivity contribution < 1.29 is 14.3 Å². The first kappa shape index (κ1) is 14.9. The molecule has 0 aliphatic heterocycles. The van der Waals surface area contributed by atoms with Gasteiger partial charge in [0.2, 0.25) is 0 Å². The minimum absolute atomic E-state index is 0.228. The Morgan fingerprint density at radius 2 is 1.81 bits per heavy atom. The Balaban J connectivity index is 1.89. The van der Waals surface area contributed by atoms with Crippen LogP contribution in [0, 0.1) is 5.82 Å². The summed E-state index contributed by atoms with van der Waals surface area (Å²) in [5.74, 6) is -1.35. The van der Waals surface area contributed by atoms with E-state index in [4.69, 9.17) is 17.3 Å². The monoisotopic (exact) mass is 304 g/mol. The first-order valence-corrected chi connectivity index (χ1v) is 6.58. The summed E-state index contributed by atoms with van der Waals surface area (Å²) in [6.45, 7) is 0.417. The number of hydrogen-bond acceptors (Lipinski definition) is 2. The smallest absolute Gasteiger partial charge is 0.335 e. The number of anilines is 1. The third kappa shape index (κ3) is 4.25. The number of rotatable bonds is 4. The van der Waals surface area contributed by atoms with Crippen molar-refractivity contribution in [3.63, 3.8) is 0 Å². The molecule has 0 aliphatic rings. The van der Waals surface area contributed by atoms with Crippen LogP contribution in [-0.4, -0.2) is 16.2 Å². The number of para-hydroxylation sites is 1. The van der Waals surface area contributed by atoms with Gasteiger partial charge in [-0.15, -0.1) is 0 Å². The van der Waals surface area contributed by atoms with Crippen molar-refractivity contribution in [2.24, 2.45) is 0 Å². The van der Waals surface area contributed by atoms with E-state index in [1.807, 2.05) is 0 Å². The van der Waals surface area contributed by atoms with Gasteiger partial charge in [-0.2, -0.15) is 0 Å². The molecule has 2 aromatic carbocycles. The van der Waals surface area contributed by atoms with Crippen molar-refractivity contribution >= 4 is 29.0 Å². The van der Waals surface area contributed by atoms with Crippen molar-refractivity contribution in [1.82, 2.24) is 5.32 Å². The number of carbonyl (C=O) groups is 1. The van der Waals surface area contributed by atoms with E-state index in [1.54, 1.807) is 30.3 Å². The molecular formula is C15H13FN2O2S. The van der Waals surface area contributed by atoms with Crippen LogP contribution >= 0.6 is 12.2 Å². The molecule has 0 bridgehead atoms. The Labute approximate surface area is 126 Å². The molecule has 2 rings (SSSR count). The highest BCUT2D eigenvalue weighted by Crippen LogP contribution is 2.12. The van der Waals surface area contributed by atoms with Crippen LogP contribution in [-0.2, 0) is 6.54 Å². The van der Waals surface area contributed by atoms with Gasteiger partial charge in [-0.1, -0.05) is 24.3 Å². The summed E-state index contributed by atoms with van der Waals surface area (Å²) in [6.07, 6.45) is 0. The van der Waals surface area contributed by atoms with E-state index in [1.165, 1.54) is 18.2 Å². The van der Waals surface area contributed by atoms with Crippen LogP contribution in [0.3, 0.4) is 0 Å². The molecule has 0 heterocycles. The number of aromatic carboxylic acids is 1. The van der Waals surface area contributed by atoms with Gasteiger partial charge in [0.25, 0.3) is 0 Å². The molecule has 108 valence electrons. The van der Waals surface area contributed by atoms with Crippen LogP contribution in [0.15, 0.2) is 48.5 Å². The van der Waals surface area contributed by atoms with Gasteiger partial charge in [0.05, 0.1) is 11.3 Å². The maximum atomic E-state index is 13.4. The highest BCUT2D eigenvalue weighted by Gasteiger charge is 2.04. The van der Waals surface area contributed by atoms with Crippen molar-refractivity contribution in [3.8, 4) is 0 Å². The summed E-state index contributed by atoms with van der Waals surface area (Å²) in [6, 6.07) is 12.7. The van der Waals surface area contributed by atoms with Gasteiger partial charge in [0.1, 0.15) is 5.82 Å². The minimum Gasteiger partial charge on any atom is -0.478 e. The Bertz CT molecular complexity index is 659. The molecule has 0 aromatic heterocycles. The summed E-state index contributed by atoms with van der Waals surface area (Å²) in [5, 5.41) is 14.8. The molecule has 2 aromatic rings. The summed E-state index contributed by atoms with van der Waals surface area (Å²) in [7, 11) is 0. The molecule has 0 unspecified atom stereocenters. The topological polar surface area (TPSA) is 61.4 Å². The van der Waals surface area contributed by atoms with Gasteiger partial charge in [-0.05, 0) is 42.0 Å². The van der Waals surface area contributed by atoms with E-state index in [-0.39, 0.29) is 11.4 Å². The van der Waals surface area contributed by atoms with Crippen LogP contribution in [0.1, 0.15) is 15.9 Å². The number of thiocarbonyl (C=S) groups is 1. The Morgan fingerprint density at radius 3 is 2.43 bits per heavy atom. The van der Waals surface area contributed by atoms with Gasteiger partial charge in [-0.3, -0.25) is 0 Å². The van der Waals surface area contributed by atoms with E-state index in [0.29, 0.717) is 17.3 Å². The standard InChI is InChI=1S/C15H13FN2O2S/c16-12-3-1-2-4-13(12)18-15(21)17-9-10-5-7-11(8-6-10)14(19)20/h1-8H,9H2,(H,19,20)(H2,17,18,21). The molecular weight excluding hydrogens is 291 g/mol. The molecule has 3 N–H and O–H groups in total. The maximum Gasteiger partial charge on any atom is 0.335 e. The number of carboxylic acids is 1. The molecule has 0 amide bonds. The molecule has 0 saturated carbocycles. The molecule has 0 spiro atoms. The van der Waals surface area contributed by atoms with Gasteiger partial charge < -0.3 is 15.7 Å². The summed E-state index contributed by atoms with van der Waals surface area (Å²) in [4.78, 5) is 10.7. The molecule has 0 radical (unpaired) electrons. The second kappa shape index (κ2) is 6.81. The highest BCUT2D eigenvalue weighted by molar-refractivity contribution is 7.80. The zero-order chi connectivity index (χ0) is 15.2. The quantitative estimate of drug-likeness (QED) is 0.758. The van der Waals surface area contributed by atoms with Crippen LogP contribution in [0.25, 0.3) is 0 Å². The third-order valence-corrected chi connectivity index (χ3v) is 3.02. The normalized spacial score (nSPS) is 9.95. The molecule has 0 fully saturated rings. The van der Waals surface area contributed by atoms with E-state index in [2.05, 4.69) is 10.6 Å². The maximum absolute atomic E-state index is 13.4. The Kier molecular flexibility index (Phi) is 4.84. The van der Waals surface area contributed by atoms with Crippen molar-refractivity contribution in [3.05, 3.63) is 65.5 Å². The number of halogens is 1. The van der Waals surface area contributed by atoms with E-state index >= 15 is 0 Å². The average Bonchev–Trinajstić information content (AvgIpc) is 2.48. The minimum atomic E-state index is -0.966. The average molecular weight is 304 g/mol. The molecule has 0 saturated heterocycles.